The van der Waals surface area contributed by atoms with Crippen LogP contribution in [0.2, 0.25) is 36.3 Å². The van der Waals surface area contributed by atoms with Crippen molar-refractivity contribution in [2.45, 2.75) is 109 Å². The number of fused-ring (bicyclic) bond motifs is 1. The van der Waals surface area contributed by atoms with E-state index in [-0.39, 0.29) is 34.5 Å². The number of aromatic nitrogens is 4. The van der Waals surface area contributed by atoms with Crippen LogP contribution in [0.3, 0.4) is 0 Å². The molecule has 2 aromatic heterocycles. The summed E-state index contributed by atoms with van der Waals surface area (Å²) >= 11 is 0. The van der Waals surface area contributed by atoms with Crippen molar-refractivity contribution < 1.29 is 48.0 Å². The Balaban J connectivity index is 0.00000113. The minimum absolute atomic E-state index is 0.0447. The summed E-state index contributed by atoms with van der Waals surface area (Å²) in [5.74, 6) is 0.354. The molecule has 1 fully saturated rings. The maximum atomic E-state index is 9.87. The quantitative estimate of drug-likeness (QED) is 0.0878. The molecule has 0 radical (unpaired) electrons. The van der Waals surface area contributed by atoms with Crippen molar-refractivity contribution in [2.24, 2.45) is 0 Å². The predicted octanol–water partition coefficient (Wildman–Crippen LogP) is 11.2. The molecular formula is C35H63F6N7O5P2Si2. The number of imidazole rings is 1. The predicted molar refractivity (Wildman–Crippen MR) is 222 cm³/mol. The summed E-state index contributed by atoms with van der Waals surface area (Å²) in [7, 11) is -5.30. The van der Waals surface area contributed by atoms with Crippen molar-refractivity contribution in [3.05, 3.63) is 42.2 Å². The molecule has 3 atom stereocenters. The van der Waals surface area contributed by atoms with Gasteiger partial charge in [-0.05, 0) is 41.8 Å². The van der Waals surface area contributed by atoms with E-state index in [1.165, 1.54) is 0 Å². The molecule has 1 aromatic carbocycles. The van der Waals surface area contributed by atoms with Crippen LogP contribution in [-0.4, -0.2) is 111 Å². The van der Waals surface area contributed by atoms with Crippen LogP contribution in [0.25, 0.3) is 11.2 Å². The summed E-state index contributed by atoms with van der Waals surface area (Å²) in [6.07, 6.45) is 1.62. The molecule has 1 aliphatic rings. The van der Waals surface area contributed by atoms with Crippen LogP contribution in [-0.2, 0) is 20.2 Å². The number of hydrogen-bond acceptors (Lipinski definition) is 11. The molecule has 22 heteroatoms. The summed E-state index contributed by atoms with van der Waals surface area (Å²) in [5, 5.41) is 0.122. The van der Waals surface area contributed by atoms with Gasteiger partial charge in [0.05, 0.1) is 19.0 Å². The molecule has 4 rings (SSSR count). The first-order valence-corrected chi connectivity index (χ1v) is 27.9. The molecule has 12 nitrogen and oxygen atoms in total. The Labute approximate surface area is 336 Å². The third-order valence-corrected chi connectivity index (χ3v) is 23.1. The number of ether oxygens (including phenoxy) is 2. The molecule has 3 aromatic rings. The SMILES string of the molecule is CN(C)[P+](Oc1nc(OCc2ccccc2)c2ncn([C@H]3C[C@H](O[Si](C)(C)C(C)(C)C)[C@@H](CO[Si](C)(C)C(C)(C)C)O3)c2n1)(N(C)C)N(C)C.F[P-](F)(F)(F)(F)F. The van der Waals surface area contributed by atoms with Crippen LogP contribution in [0.15, 0.2) is 36.7 Å². The van der Waals surface area contributed by atoms with Crippen LogP contribution in [0.4, 0.5) is 25.2 Å². The number of halogens is 6. The number of nitrogens with zero attached hydrogens (tertiary/aromatic N) is 7. The normalized spacial score (nSPS) is 20.1. The van der Waals surface area contributed by atoms with E-state index in [2.05, 4.69) is 81.7 Å². The Bertz CT molecular complexity index is 1780. The molecule has 0 saturated carbocycles. The molecule has 0 amide bonds. The van der Waals surface area contributed by atoms with Crippen LogP contribution in [0.5, 0.6) is 11.9 Å². The van der Waals surface area contributed by atoms with Gasteiger partial charge in [0, 0.05) is 48.7 Å². The van der Waals surface area contributed by atoms with Crippen molar-refractivity contribution in [3.63, 3.8) is 0 Å². The van der Waals surface area contributed by atoms with Gasteiger partial charge in [-0.1, -0.05) is 71.9 Å². The maximum absolute atomic E-state index is 10.7. The van der Waals surface area contributed by atoms with Gasteiger partial charge in [-0.2, -0.15) is 9.97 Å². The Hall–Kier alpha value is -2.00. The summed E-state index contributed by atoms with van der Waals surface area (Å²) in [6.45, 7) is 23.5. The zero-order chi connectivity index (χ0) is 43.9. The fourth-order valence-corrected chi connectivity index (χ4v) is 10.9. The first-order valence-electron chi connectivity index (χ1n) is 18.5. The Kier molecular flexibility index (Phi) is 14.3. The third-order valence-electron chi connectivity index (χ3n) is 10.5. The molecule has 3 heterocycles. The Morgan fingerprint density at radius 3 is 1.81 bits per heavy atom. The van der Waals surface area contributed by atoms with E-state index in [9.17, 15) is 25.2 Å². The van der Waals surface area contributed by atoms with E-state index in [1.54, 1.807) is 6.33 Å². The van der Waals surface area contributed by atoms with Gasteiger partial charge in [-0.15, -0.1) is 14.0 Å². The average molecular weight is 894 g/mol. The zero-order valence-corrected chi connectivity index (χ0v) is 39.9. The molecule has 0 N–H and O–H groups in total. The molecule has 0 unspecified atom stereocenters. The van der Waals surface area contributed by atoms with Crippen molar-refractivity contribution in [1.29, 1.82) is 0 Å². The van der Waals surface area contributed by atoms with Gasteiger partial charge in [-0.3, -0.25) is 9.09 Å². The summed E-state index contributed by atoms with van der Waals surface area (Å²) in [5.41, 5.74) is 2.14. The molecule has 0 aliphatic carbocycles. The molecule has 1 aliphatic heterocycles. The molecule has 0 bridgehead atoms. The van der Waals surface area contributed by atoms with E-state index in [1.807, 2.05) is 77.2 Å². The fraction of sp³-hybridized carbons (Fsp3) is 0.686. The Morgan fingerprint density at radius 1 is 0.825 bits per heavy atom. The third kappa shape index (κ3) is 13.5. The van der Waals surface area contributed by atoms with Gasteiger partial charge >= 0.3 is 46.9 Å². The van der Waals surface area contributed by atoms with E-state index in [0.717, 1.165) is 5.56 Å². The number of benzene rings is 1. The van der Waals surface area contributed by atoms with Gasteiger partial charge in [0.1, 0.15) is 18.9 Å². The van der Waals surface area contributed by atoms with Gasteiger partial charge < -0.3 is 18.3 Å². The Morgan fingerprint density at radius 2 is 1.33 bits per heavy atom. The molecular weight excluding hydrogens is 831 g/mol. The molecule has 328 valence electrons. The van der Waals surface area contributed by atoms with E-state index < -0.39 is 32.4 Å². The first-order chi connectivity index (χ1) is 25.4. The summed E-state index contributed by atoms with van der Waals surface area (Å²) in [6, 6.07) is 10.2. The monoisotopic (exact) mass is 893 g/mol. The average Bonchev–Trinajstić information content (AvgIpc) is 3.62. The molecule has 57 heavy (non-hydrogen) atoms. The molecule has 0 spiro atoms. The summed E-state index contributed by atoms with van der Waals surface area (Å²) < 4.78 is 101. The van der Waals surface area contributed by atoms with Crippen LogP contribution in [0, 0.1) is 0 Å². The van der Waals surface area contributed by atoms with Crippen molar-refractivity contribution >= 4 is 43.5 Å². The van der Waals surface area contributed by atoms with E-state index >= 15 is 0 Å². The standard InChI is InChI=1S/C35H63N7O5PSi2.F6P/c1-34(2,3)49(13,14)44-24-28-27(47-50(15,16)35(4,5)6)22-29(45-28)42-25-36-30-31(42)37-33(46-48(39(7)8,40(9)10)41(11)12)38-32(30)43-23-26-20-18-17-19-21-26;1-7(2,3,4,5)6/h17-21,25,27-29H,22-24H2,1-16H3;/q+1;-1/t27-,28+,29+;/m0./s1. The fourth-order valence-electron chi connectivity index (χ4n) is 5.58. The van der Waals surface area contributed by atoms with Crippen LogP contribution in [0.1, 0.15) is 59.8 Å². The second kappa shape index (κ2) is 16.5. The van der Waals surface area contributed by atoms with Gasteiger partial charge in [0.2, 0.25) is 5.88 Å². The summed E-state index contributed by atoms with van der Waals surface area (Å²) in [4.78, 5) is 14.6. The second-order valence-electron chi connectivity index (χ2n) is 17.9. The van der Waals surface area contributed by atoms with Crippen LogP contribution >= 0.6 is 15.8 Å². The minimum atomic E-state index is -10.7. The van der Waals surface area contributed by atoms with Crippen molar-refractivity contribution in [3.8, 4) is 11.9 Å². The van der Waals surface area contributed by atoms with Crippen molar-refractivity contribution in [1.82, 2.24) is 33.5 Å². The van der Waals surface area contributed by atoms with E-state index in [4.69, 9.17) is 37.8 Å². The van der Waals surface area contributed by atoms with Crippen LogP contribution < -0.4 is 9.26 Å². The van der Waals surface area contributed by atoms with Crippen molar-refractivity contribution in [2.75, 3.05) is 48.9 Å². The molecule has 1 saturated heterocycles. The van der Waals surface area contributed by atoms with Gasteiger partial charge in [0.15, 0.2) is 27.8 Å². The topological polar surface area (TPSA) is 99.5 Å². The second-order valence-corrected chi connectivity index (χ2v) is 33.0. The number of hydrogen-bond donors (Lipinski definition) is 0. The number of rotatable bonds is 14. The van der Waals surface area contributed by atoms with Gasteiger partial charge in [0.25, 0.3) is 0 Å². The van der Waals surface area contributed by atoms with E-state index in [0.29, 0.717) is 36.7 Å². The first kappa shape index (κ1) is 49.4. The zero-order valence-electron chi connectivity index (χ0n) is 36.2. The van der Waals surface area contributed by atoms with Gasteiger partial charge in [-0.25, -0.2) is 4.98 Å².